The average Bonchev–Trinajstić information content (AvgIpc) is 2.46. The number of nitrogens with one attached hydrogen (secondary N) is 1. The van der Waals surface area contributed by atoms with Gasteiger partial charge in [-0.15, -0.1) is 0 Å². The average molecular weight is 280 g/mol. The Bertz CT molecular complexity index is 393. The van der Waals surface area contributed by atoms with Crippen molar-refractivity contribution in [3.8, 4) is 0 Å². The van der Waals surface area contributed by atoms with Gasteiger partial charge in [-0.25, -0.2) is 4.39 Å². The highest BCUT2D eigenvalue weighted by molar-refractivity contribution is 5.25. The minimum Gasteiger partial charge on any atom is -0.313 e. The molecule has 0 radical (unpaired) electrons. The molecule has 0 aliphatic heterocycles. The molecular formula is C17H29FN2. The van der Waals surface area contributed by atoms with Crippen LogP contribution in [0.1, 0.15) is 45.2 Å². The van der Waals surface area contributed by atoms with E-state index in [4.69, 9.17) is 0 Å². The summed E-state index contributed by atoms with van der Waals surface area (Å²) in [5.41, 5.74) is 1.97. The lowest BCUT2D eigenvalue weighted by Gasteiger charge is -2.24. The molecule has 0 bridgehead atoms. The van der Waals surface area contributed by atoms with E-state index in [9.17, 15) is 4.39 Å². The third-order valence-corrected chi connectivity index (χ3v) is 3.80. The number of halogens is 1. The van der Waals surface area contributed by atoms with E-state index >= 15 is 0 Å². The van der Waals surface area contributed by atoms with E-state index in [2.05, 4.69) is 37.9 Å². The second-order valence-corrected chi connectivity index (χ2v) is 5.55. The van der Waals surface area contributed by atoms with Gasteiger partial charge in [-0.1, -0.05) is 46.2 Å². The van der Waals surface area contributed by atoms with Crippen LogP contribution in [0.15, 0.2) is 18.2 Å². The lowest BCUT2D eigenvalue weighted by atomic mass is 10.1. The van der Waals surface area contributed by atoms with Gasteiger partial charge in [0.25, 0.3) is 0 Å². The van der Waals surface area contributed by atoms with Gasteiger partial charge in [-0.2, -0.15) is 0 Å². The van der Waals surface area contributed by atoms with Gasteiger partial charge in [0.2, 0.25) is 0 Å². The molecule has 0 heterocycles. The van der Waals surface area contributed by atoms with Crippen molar-refractivity contribution in [3.05, 3.63) is 35.1 Å². The van der Waals surface area contributed by atoms with Crippen LogP contribution >= 0.6 is 0 Å². The predicted octanol–water partition coefficient (Wildman–Crippen LogP) is 3.80. The highest BCUT2D eigenvalue weighted by Crippen LogP contribution is 2.15. The van der Waals surface area contributed by atoms with Crippen LogP contribution in [0.4, 0.5) is 4.39 Å². The second kappa shape index (κ2) is 9.09. The van der Waals surface area contributed by atoms with Crippen molar-refractivity contribution in [1.82, 2.24) is 10.2 Å². The summed E-state index contributed by atoms with van der Waals surface area (Å²) in [6.07, 6.45) is 1.17. The van der Waals surface area contributed by atoms with Crippen molar-refractivity contribution in [2.24, 2.45) is 5.92 Å². The fourth-order valence-electron chi connectivity index (χ4n) is 2.24. The summed E-state index contributed by atoms with van der Waals surface area (Å²) in [5, 5.41) is 3.28. The predicted molar refractivity (Wildman–Crippen MR) is 84.2 cm³/mol. The fourth-order valence-corrected chi connectivity index (χ4v) is 2.24. The normalized spacial score (nSPS) is 12.9. The summed E-state index contributed by atoms with van der Waals surface area (Å²) < 4.78 is 14.0. The number of nitrogens with zero attached hydrogens (tertiary/aromatic N) is 1. The summed E-state index contributed by atoms with van der Waals surface area (Å²) in [6, 6.07) is 5.46. The number of hydrogen-bond acceptors (Lipinski definition) is 2. The van der Waals surface area contributed by atoms with Crippen LogP contribution in [-0.2, 0) is 13.1 Å². The fraction of sp³-hybridized carbons (Fsp3) is 0.647. The second-order valence-electron chi connectivity index (χ2n) is 5.55. The molecule has 20 heavy (non-hydrogen) atoms. The Hall–Kier alpha value is -0.930. The largest absolute Gasteiger partial charge is 0.313 e. The molecule has 0 amide bonds. The van der Waals surface area contributed by atoms with Crippen LogP contribution in [0.2, 0.25) is 0 Å². The number of rotatable bonds is 9. The molecule has 114 valence electrons. The molecule has 0 spiro atoms. The lowest BCUT2D eigenvalue weighted by molar-refractivity contribution is 0.235. The minimum atomic E-state index is -0.0900. The van der Waals surface area contributed by atoms with Crippen LogP contribution in [0.5, 0.6) is 0 Å². The molecule has 1 atom stereocenters. The smallest absolute Gasteiger partial charge is 0.127 e. The molecule has 0 aliphatic rings. The van der Waals surface area contributed by atoms with Crippen LogP contribution in [-0.4, -0.2) is 24.5 Å². The van der Waals surface area contributed by atoms with E-state index in [1.807, 2.05) is 12.1 Å². The van der Waals surface area contributed by atoms with E-state index in [1.165, 1.54) is 6.42 Å². The van der Waals surface area contributed by atoms with Gasteiger partial charge in [0.1, 0.15) is 5.82 Å². The van der Waals surface area contributed by atoms with Crippen molar-refractivity contribution in [3.63, 3.8) is 0 Å². The molecule has 0 aliphatic carbocycles. The number of benzene rings is 1. The summed E-state index contributed by atoms with van der Waals surface area (Å²) in [6.45, 7) is 13.1. The molecule has 2 nitrogen and oxygen atoms in total. The van der Waals surface area contributed by atoms with Gasteiger partial charge in [0.05, 0.1) is 0 Å². The standard InChI is InChI=1S/C17H29FN2/c1-5-14(4)12-20(7-3)13-16-10-15(11-19-6-2)8-9-17(16)18/h8-10,14,19H,5-7,11-13H2,1-4H3. The molecule has 1 aromatic carbocycles. The van der Waals surface area contributed by atoms with Crippen molar-refractivity contribution >= 4 is 0 Å². The van der Waals surface area contributed by atoms with Gasteiger partial charge in [0.15, 0.2) is 0 Å². The summed E-state index contributed by atoms with van der Waals surface area (Å²) in [7, 11) is 0. The maximum Gasteiger partial charge on any atom is 0.127 e. The molecule has 1 unspecified atom stereocenters. The van der Waals surface area contributed by atoms with Crippen molar-refractivity contribution < 1.29 is 4.39 Å². The maximum atomic E-state index is 14.0. The third-order valence-electron chi connectivity index (χ3n) is 3.80. The Kier molecular flexibility index (Phi) is 7.78. The zero-order valence-corrected chi connectivity index (χ0v) is 13.4. The molecule has 3 heteroatoms. The Morgan fingerprint density at radius 3 is 2.60 bits per heavy atom. The van der Waals surface area contributed by atoms with Crippen LogP contribution in [0.3, 0.4) is 0 Å². The quantitative estimate of drug-likeness (QED) is 0.740. The maximum absolute atomic E-state index is 14.0. The molecule has 0 saturated carbocycles. The lowest BCUT2D eigenvalue weighted by Crippen LogP contribution is -2.28. The highest BCUT2D eigenvalue weighted by atomic mass is 19.1. The summed E-state index contributed by atoms with van der Waals surface area (Å²) >= 11 is 0. The van der Waals surface area contributed by atoms with Crippen LogP contribution < -0.4 is 5.32 Å². The Labute approximate surface area is 123 Å². The zero-order chi connectivity index (χ0) is 15.0. The van der Waals surface area contributed by atoms with E-state index in [-0.39, 0.29) is 5.82 Å². The topological polar surface area (TPSA) is 15.3 Å². The van der Waals surface area contributed by atoms with Crippen molar-refractivity contribution in [2.45, 2.75) is 47.2 Å². The molecular weight excluding hydrogens is 251 g/mol. The Balaban J connectivity index is 2.72. The SMILES string of the molecule is CCNCc1ccc(F)c(CN(CC)CC(C)CC)c1. The molecule has 0 saturated heterocycles. The van der Waals surface area contributed by atoms with Crippen molar-refractivity contribution in [2.75, 3.05) is 19.6 Å². The van der Waals surface area contributed by atoms with Crippen LogP contribution in [0.25, 0.3) is 0 Å². The van der Waals surface area contributed by atoms with E-state index in [0.717, 1.165) is 37.3 Å². The van der Waals surface area contributed by atoms with E-state index < -0.39 is 0 Å². The van der Waals surface area contributed by atoms with Gasteiger partial charge in [-0.3, -0.25) is 4.90 Å². The Morgan fingerprint density at radius 1 is 1.25 bits per heavy atom. The molecule has 0 aromatic heterocycles. The third kappa shape index (κ3) is 5.59. The first-order chi connectivity index (χ1) is 9.60. The molecule has 1 N–H and O–H groups in total. The Morgan fingerprint density at radius 2 is 2.00 bits per heavy atom. The van der Waals surface area contributed by atoms with Gasteiger partial charge in [-0.05, 0) is 30.6 Å². The molecule has 0 fully saturated rings. The van der Waals surface area contributed by atoms with Crippen LogP contribution in [0, 0.1) is 11.7 Å². The molecule has 1 aromatic rings. The minimum absolute atomic E-state index is 0.0900. The van der Waals surface area contributed by atoms with Gasteiger partial charge < -0.3 is 5.32 Å². The first-order valence-electron chi connectivity index (χ1n) is 7.81. The number of hydrogen-bond donors (Lipinski definition) is 1. The zero-order valence-electron chi connectivity index (χ0n) is 13.4. The van der Waals surface area contributed by atoms with Gasteiger partial charge >= 0.3 is 0 Å². The van der Waals surface area contributed by atoms with E-state index in [1.54, 1.807) is 6.07 Å². The summed E-state index contributed by atoms with van der Waals surface area (Å²) in [5.74, 6) is 0.566. The van der Waals surface area contributed by atoms with Gasteiger partial charge in [0, 0.05) is 25.2 Å². The molecule has 1 rings (SSSR count). The van der Waals surface area contributed by atoms with Crippen molar-refractivity contribution in [1.29, 1.82) is 0 Å². The first-order valence-corrected chi connectivity index (χ1v) is 7.81. The van der Waals surface area contributed by atoms with E-state index in [0.29, 0.717) is 12.5 Å². The summed E-state index contributed by atoms with van der Waals surface area (Å²) in [4.78, 5) is 2.32. The highest BCUT2D eigenvalue weighted by Gasteiger charge is 2.11. The monoisotopic (exact) mass is 280 g/mol. The first kappa shape index (κ1) is 17.1.